The molecule has 0 spiro atoms. The molecule has 1 unspecified atom stereocenters. The number of hydrogen-bond donors (Lipinski definition) is 1. The van der Waals surface area contributed by atoms with Gasteiger partial charge < -0.3 is 10.1 Å². The van der Waals surface area contributed by atoms with Gasteiger partial charge in [-0.3, -0.25) is 4.90 Å². The Morgan fingerprint density at radius 3 is 2.73 bits per heavy atom. The van der Waals surface area contributed by atoms with Crippen LogP contribution in [0, 0.1) is 5.92 Å². The highest BCUT2D eigenvalue weighted by Crippen LogP contribution is 2.21. The van der Waals surface area contributed by atoms with Gasteiger partial charge in [-0.1, -0.05) is 30.3 Å². The second-order valence-electron chi connectivity index (χ2n) is 7.09. The van der Waals surface area contributed by atoms with E-state index in [1.807, 2.05) is 20.8 Å². The summed E-state index contributed by atoms with van der Waals surface area (Å²) >= 11 is 0. The summed E-state index contributed by atoms with van der Waals surface area (Å²) < 4.78 is 5.24. The fourth-order valence-corrected chi connectivity index (χ4v) is 2.83. The van der Waals surface area contributed by atoms with E-state index >= 15 is 0 Å². The van der Waals surface area contributed by atoms with Crippen LogP contribution in [0.3, 0.4) is 0 Å². The highest BCUT2D eigenvalue weighted by Gasteiger charge is 2.22. The molecule has 1 aromatic rings. The average molecular weight is 304 g/mol. The van der Waals surface area contributed by atoms with E-state index in [1.54, 1.807) is 0 Å². The molecule has 0 radical (unpaired) electrons. The fourth-order valence-electron chi connectivity index (χ4n) is 2.83. The Morgan fingerprint density at radius 1 is 1.32 bits per heavy atom. The van der Waals surface area contributed by atoms with Crippen molar-refractivity contribution in [1.82, 2.24) is 10.2 Å². The van der Waals surface area contributed by atoms with Crippen LogP contribution >= 0.6 is 0 Å². The summed E-state index contributed by atoms with van der Waals surface area (Å²) in [6.07, 6.45) is 1.92. The molecule has 0 aliphatic carbocycles. The number of ether oxygens (including phenoxy) is 1. The molecule has 1 heterocycles. The third kappa shape index (κ3) is 6.06. The molecule has 2 rings (SSSR count). The summed E-state index contributed by atoms with van der Waals surface area (Å²) in [4.78, 5) is 14.1. The van der Waals surface area contributed by atoms with Gasteiger partial charge >= 0.3 is 6.09 Å². The summed E-state index contributed by atoms with van der Waals surface area (Å²) in [7, 11) is 0. The highest BCUT2D eigenvalue weighted by atomic mass is 16.6. The molecular weight excluding hydrogens is 276 g/mol. The minimum atomic E-state index is -0.427. The Morgan fingerprint density at radius 2 is 2.05 bits per heavy atom. The molecule has 1 aliphatic rings. The zero-order valence-electron chi connectivity index (χ0n) is 14.0. The maximum Gasteiger partial charge on any atom is 0.407 e. The second kappa shape index (κ2) is 7.63. The maximum absolute atomic E-state index is 11.6. The normalized spacial score (nSPS) is 19.1. The summed E-state index contributed by atoms with van der Waals surface area (Å²) in [6.45, 7) is 9.62. The lowest BCUT2D eigenvalue weighted by molar-refractivity contribution is 0.0525. The van der Waals surface area contributed by atoms with Crippen LogP contribution < -0.4 is 5.32 Å². The van der Waals surface area contributed by atoms with Crippen LogP contribution in [0.2, 0.25) is 0 Å². The highest BCUT2D eigenvalue weighted by molar-refractivity contribution is 5.67. The van der Waals surface area contributed by atoms with Crippen molar-refractivity contribution in [3.8, 4) is 0 Å². The molecule has 1 saturated heterocycles. The zero-order chi connectivity index (χ0) is 16.0. The first-order valence-corrected chi connectivity index (χ1v) is 8.15. The standard InChI is InChI=1S/C18H28N2O2/c1-18(2,3)22-17(21)19-11-9-16-10-12-20(14-16)13-15-7-5-4-6-8-15/h4-8,16H,9-14H2,1-3H3,(H,19,21). The molecule has 4 heteroatoms. The first-order valence-electron chi connectivity index (χ1n) is 8.15. The van der Waals surface area contributed by atoms with Crippen LogP contribution in [0.4, 0.5) is 4.79 Å². The van der Waals surface area contributed by atoms with Crippen LogP contribution in [0.5, 0.6) is 0 Å². The zero-order valence-corrected chi connectivity index (χ0v) is 14.0. The number of hydrogen-bond acceptors (Lipinski definition) is 3. The monoisotopic (exact) mass is 304 g/mol. The van der Waals surface area contributed by atoms with Gasteiger partial charge in [0.15, 0.2) is 0 Å². The van der Waals surface area contributed by atoms with Crippen molar-refractivity contribution in [2.24, 2.45) is 5.92 Å². The summed E-state index contributed by atoms with van der Waals surface area (Å²) in [5.41, 5.74) is 0.944. The van der Waals surface area contributed by atoms with Gasteiger partial charge in [0.05, 0.1) is 0 Å². The van der Waals surface area contributed by atoms with E-state index in [9.17, 15) is 4.79 Å². The van der Waals surface area contributed by atoms with Crippen molar-refractivity contribution in [3.05, 3.63) is 35.9 Å². The molecule has 0 aromatic heterocycles. The van der Waals surface area contributed by atoms with Crippen molar-refractivity contribution in [2.75, 3.05) is 19.6 Å². The predicted octanol–water partition coefficient (Wildman–Crippen LogP) is 3.42. The number of benzene rings is 1. The first-order chi connectivity index (χ1) is 10.4. The maximum atomic E-state index is 11.6. The fraction of sp³-hybridized carbons (Fsp3) is 0.611. The number of nitrogens with zero attached hydrogens (tertiary/aromatic N) is 1. The van der Waals surface area contributed by atoms with Crippen molar-refractivity contribution in [1.29, 1.82) is 0 Å². The van der Waals surface area contributed by atoms with Crippen molar-refractivity contribution < 1.29 is 9.53 Å². The van der Waals surface area contributed by atoms with Gasteiger partial charge in [0.2, 0.25) is 0 Å². The Bertz CT molecular complexity index is 468. The van der Waals surface area contributed by atoms with Gasteiger partial charge in [-0.25, -0.2) is 4.79 Å². The summed E-state index contributed by atoms with van der Waals surface area (Å²) in [5, 5.41) is 2.85. The number of amides is 1. The van der Waals surface area contributed by atoms with Gasteiger partial charge in [0.25, 0.3) is 0 Å². The van der Waals surface area contributed by atoms with Gasteiger partial charge in [-0.15, -0.1) is 0 Å². The number of rotatable bonds is 5. The van der Waals surface area contributed by atoms with Gasteiger partial charge in [0, 0.05) is 19.6 Å². The lowest BCUT2D eigenvalue weighted by atomic mass is 10.1. The molecule has 4 nitrogen and oxygen atoms in total. The first kappa shape index (κ1) is 16.8. The van der Waals surface area contributed by atoms with E-state index in [2.05, 4.69) is 40.5 Å². The van der Waals surface area contributed by atoms with Crippen molar-refractivity contribution >= 4 is 6.09 Å². The largest absolute Gasteiger partial charge is 0.444 e. The number of carbonyl (C=O) groups is 1. The van der Waals surface area contributed by atoms with Gasteiger partial charge in [-0.2, -0.15) is 0 Å². The van der Waals surface area contributed by atoms with Crippen LogP contribution in [0.25, 0.3) is 0 Å². The van der Waals surface area contributed by atoms with E-state index in [-0.39, 0.29) is 6.09 Å². The summed E-state index contributed by atoms with van der Waals surface area (Å²) in [5.74, 6) is 0.665. The molecule has 1 aliphatic heterocycles. The third-order valence-electron chi connectivity index (χ3n) is 3.84. The lowest BCUT2D eigenvalue weighted by Crippen LogP contribution is -2.33. The van der Waals surface area contributed by atoms with Gasteiger partial charge in [-0.05, 0) is 51.6 Å². The second-order valence-corrected chi connectivity index (χ2v) is 7.09. The third-order valence-corrected chi connectivity index (χ3v) is 3.84. The minimum absolute atomic E-state index is 0.313. The van der Waals surface area contributed by atoms with Crippen LogP contribution in [0.1, 0.15) is 39.2 Å². The molecule has 22 heavy (non-hydrogen) atoms. The Hall–Kier alpha value is -1.55. The number of alkyl carbamates (subject to hydrolysis) is 1. The molecule has 0 saturated carbocycles. The Labute approximate surface area is 133 Å². The topological polar surface area (TPSA) is 41.6 Å². The molecule has 122 valence electrons. The number of carbonyl (C=O) groups excluding carboxylic acids is 1. The molecule has 1 aromatic carbocycles. The predicted molar refractivity (Wildman–Crippen MR) is 88.7 cm³/mol. The lowest BCUT2D eigenvalue weighted by Gasteiger charge is -2.20. The van der Waals surface area contributed by atoms with Crippen LogP contribution in [-0.4, -0.2) is 36.2 Å². The number of likely N-dealkylation sites (tertiary alicyclic amines) is 1. The average Bonchev–Trinajstić information content (AvgIpc) is 2.85. The molecular formula is C18H28N2O2. The smallest absolute Gasteiger partial charge is 0.407 e. The molecule has 0 bridgehead atoms. The van der Waals surface area contributed by atoms with Gasteiger partial charge in [0.1, 0.15) is 5.60 Å². The quantitative estimate of drug-likeness (QED) is 0.906. The molecule has 1 fully saturated rings. The van der Waals surface area contributed by atoms with E-state index in [0.717, 1.165) is 26.1 Å². The SMILES string of the molecule is CC(C)(C)OC(=O)NCCC1CCN(Cc2ccccc2)C1. The minimum Gasteiger partial charge on any atom is -0.444 e. The Kier molecular flexibility index (Phi) is 5.83. The summed E-state index contributed by atoms with van der Waals surface area (Å²) in [6, 6.07) is 10.6. The molecule has 1 atom stereocenters. The van der Waals surface area contributed by atoms with E-state index in [0.29, 0.717) is 12.5 Å². The van der Waals surface area contributed by atoms with E-state index < -0.39 is 5.60 Å². The van der Waals surface area contributed by atoms with Crippen LogP contribution in [-0.2, 0) is 11.3 Å². The van der Waals surface area contributed by atoms with E-state index in [1.165, 1.54) is 12.0 Å². The van der Waals surface area contributed by atoms with Crippen molar-refractivity contribution in [2.45, 2.75) is 45.8 Å². The molecule has 1 amide bonds. The van der Waals surface area contributed by atoms with Crippen LogP contribution in [0.15, 0.2) is 30.3 Å². The Balaban J connectivity index is 1.63. The van der Waals surface area contributed by atoms with Crippen molar-refractivity contribution in [3.63, 3.8) is 0 Å². The van der Waals surface area contributed by atoms with E-state index in [4.69, 9.17) is 4.74 Å². The number of nitrogens with one attached hydrogen (secondary N) is 1. The molecule has 1 N–H and O–H groups in total.